The lowest BCUT2D eigenvalue weighted by atomic mass is 9.87. The zero-order valence-corrected chi connectivity index (χ0v) is 21.8. The molecule has 0 saturated heterocycles. The van der Waals surface area contributed by atoms with E-state index in [0.29, 0.717) is 27.8 Å². The number of sulfonamides is 1. The number of benzene rings is 2. The molecule has 0 spiro atoms. The van der Waals surface area contributed by atoms with Crippen LogP contribution in [0.4, 0.5) is 5.82 Å². The van der Waals surface area contributed by atoms with Crippen molar-refractivity contribution in [3.8, 4) is 5.75 Å². The van der Waals surface area contributed by atoms with E-state index in [1.54, 1.807) is 31.4 Å². The molecule has 0 aliphatic heterocycles. The van der Waals surface area contributed by atoms with Crippen molar-refractivity contribution in [3.63, 3.8) is 0 Å². The number of hydrogen-bond donors (Lipinski definition) is 1. The van der Waals surface area contributed by atoms with E-state index in [1.807, 2.05) is 18.2 Å². The number of rotatable bonds is 9. The fraction of sp³-hybridized carbons (Fsp3) is 0.375. The second-order valence-electron chi connectivity index (χ2n) is 8.67. The van der Waals surface area contributed by atoms with Crippen LogP contribution in [0, 0.1) is 0 Å². The highest BCUT2D eigenvalue weighted by Crippen LogP contribution is 2.40. The van der Waals surface area contributed by atoms with Crippen molar-refractivity contribution >= 4 is 39.2 Å². The minimum absolute atomic E-state index is 0.0700. The van der Waals surface area contributed by atoms with Gasteiger partial charge >= 0.3 is 0 Å². The topological polar surface area (TPSA) is 81.4 Å². The molecule has 1 heterocycles. The van der Waals surface area contributed by atoms with E-state index in [-0.39, 0.29) is 16.1 Å². The molecular formula is C24H29ClN2O4S2. The first-order valence-electron chi connectivity index (χ1n) is 10.7. The zero-order valence-electron chi connectivity index (χ0n) is 19.4. The van der Waals surface area contributed by atoms with Crippen molar-refractivity contribution < 1.29 is 17.7 Å². The highest BCUT2D eigenvalue weighted by atomic mass is 35.5. The Labute approximate surface area is 205 Å². The Morgan fingerprint density at radius 3 is 2.45 bits per heavy atom. The summed E-state index contributed by atoms with van der Waals surface area (Å²) < 4.78 is 39.6. The first-order chi connectivity index (χ1) is 15.5. The van der Waals surface area contributed by atoms with Gasteiger partial charge in [-0.3, -0.25) is 4.72 Å². The molecule has 9 heteroatoms. The maximum Gasteiger partial charge on any atom is 0.263 e. The lowest BCUT2D eigenvalue weighted by Gasteiger charge is -2.19. The van der Waals surface area contributed by atoms with Gasteiger partial charge in [0.05, 0.1) is 17.0 Å². The van der Waals surface area contributed by atoms with Crippen LogP contribution in [-0.2, 0) is 21.9 Å². The molecular weight excluding hydrogens is 480 g/mol. The number of nitrogens with one attached hydrogen (secondary N) is 1. The number of aryl methyl sites for hydroxylation is 1. The molecule has 3 aromatic rings. The molecule has 0 radical (unpaired) electrons. The number of hydrogen-bond acceptors (Lipinski definition) is 6. The van der Waals surface area contributed by atoms with Gasteiger partial charge in [0.2, 0.25) is 0 Å². The summed E-state index contributed by atoms with van der Waals surface area (Å²) in [7, 11) is -2.30. The van der Waals surface area contributed by atoms with Crippen molar-refractivity contribution in [1.29, 1.82) is 0 Å². The Morgan fingerprint density at radius 1 is 1.15 bits per heavy atom. The molecule has 0 unspecified atom stereocenters. The summed E-state index contributed by atoms with van der Waals surface area (Å²) in [6, 6.07) is 12.3. The number of ether oxygens (including phenoxy) is 1. The van der Waals surface area contributed by atoms with E-state index < -0.39 is 10.0 Å². The molecule has 0 bridgehead atoms. The molecule has 0 amide bonds. The van der Waals surface area contributed by atoms with E-state index >= 15 is 0 Å². The summed E-state index contributed by atoms with van der Waals surface area (Å²) in [4.78, 5) is 1.62. The molecule has 0 aliphatic rings. The van der Waals surface area contributed by atoms with Crippen molar-refractivity contribution in [3.05, 3.63) is 58.8 Å². The Morgan fingerprint density at radius 2 is 1.85 bits per heavy atom. The van der Waals surface area contributed by atoms with E-state index in [1.165, 1.54) is 11.8 Å². The minimum Gasteiger partial charge on any atom is -0.495 e. The molecule has 0 aliphatic carbocycles. The van der Waals surface area contributed by atoms with E-state index in [9.17, 15) is 8.42 Å². The summed E-state index contributed by atoms with van der Waals surface area (Å²) in [6.07, 6.45) is 2.52. The lowest BCUT2D eigenvalue weighted by molar-refractivity contribution is 0.378. The van der Waals surface area contributed by atoms with Crippen molar-refractivity contribution in [2.45, 2.75) is 67.1 Å². The Hall–Kier alpha value is -2.16. The summed E-state index contributed by atoms with van der Waals surface area (Å²) in [5.74, 6) is 1.34. The van der Waals surface area contributed by atoms with Gasteiger partial charge in [0.15, 0.2) is 11.6 Å². The number of aromatic nitrogens is 1. The van der Waals surface area contributed by atoms with Crippen molar-refractivity contribution in [2.75, 3.05) is 11.8 Å². The van der Waals surface area contributed by atoms with Crippen LogP contribution in [0.25, 0.3) is 0 Å². The first kappa shape index (κ1) is 25.5. The summed E-state index contributed by atoms with van der Waals surface area (Å²) >= 11 is 7.50. The zero-order chi connectivity index (χ0) is 24.2. The first-order valence-corrected chi connectivity index (χ1v) is 13.4. The van der Waals surface area contributed by atoms with Gasteiger partial charge in [-0.2, -0.15) is 0 Å². The second kappa shape index (κ2) is 10.4. The van der Waals surface area contributed by atoms with Gasteiger partial charge < -0.3 is 9.26 Å². The third-order valence-corrected chi connectivity index (χ3v) is 7.86. The summed E-state index contributed by atoms with van der Waals surface area (Å²) in [6.45, 7) is 8.32. The van der Waals surface area contributed by atoms with Crippen LogP contribution < -0.4 is 9.46 Å². The van der Waals surface area contributed by atoms with E-state index in [2.05, 4.69) is 37.6 Å². The standard InChI is InChI=1S/C24H29ClN2O4S2/c1-6-7-8-20-22(32-17-11-14-19(25)21(15-17)30-5)23(26-31-20)27-33(28,29)18-12-9-16(10-13-18)24(2,3)4/h9-15H,6-8H2,1-5H3,(H,26,27). The van der Waals surface area contributed by atoms with E-state index in [0.717, 1.165) is 23.3 Å². The van der Waals surface area contributed by atoms with Gasteiger partial charge in [-0.05, 0) is 47.7 Å². The predicted molar refractivity (Wildman–Crippen MR) is 133 cm³/mol. The number of methoxy groups -OCH3 is 1. The van der Waals surface area contributed by atoms with Gasteiger partial charge in [-0.1, -0.05) is 74.8 Å². The SMILES string of the molecule is CCCCc1onc(NS(=O)(=O)c2ccc(C(C)(C)C)cc2)c1Sc1ccc(Cl)c(OC)c1. The lowest BCUT2D eigenvalue weighted by Crippen LogP contribution is -2.15. The Balaban J connectivity index is 1.93. The molecule has 178 valence electrons. The van der Waals surface area contributed by atoms with Gasteiger partial charge in [-0.25, -0.2) is 8.42 Å². The predicted octanol–water partition coefficient (Wildman–Crippen LogP) is 6.93. The molecule has 3 rings (SSSR count). The third kappa shape index (κ3) is 6.25. The van der Waals surface area contributed by atoms with Crippen LogP contribution in [-0.4, -0.2) is 20.7 Å². The largest absolute Gasteiger partial charge is 0.495 e. The normalized spacial score (nSPS) is 12.1. The van der Waals surface area contributed by atoms with Crippen LogP contribution in [0.1, 0.15) is 51.9 Å². The fourth-order valence-electron chi connectivity index (χ4n) is 3.12. The van der Waals surface area contributed by atoms with Gasteiger partial charge in [0.1, 0.15) is 10.6 Å². The molecule has 33 heavy (non-hydrogen) atoms. The van der Waals surface area contributed by atoms with Gasteiger partial charge in [0.25, 0.3) is 10.0 Å². The van der Waals surface area contributed by atoms with Gasteiger partial charge in [0, 0.05) is 11.3 Å². The number of halogens is 1. The molecule has 1 aromatic heterocycles. The van der Waals surface area contributed by atoms with Crippen LogP contribution >= 0.6 is 23.4 Å². The highest BCUT2D eigenvalue weighted by molar-refractivity contribution is 7.99. The Kier molecular flexibility index (Phi) is 8.03. The number of anilines is 1. The van der Waals surface area contributed by atoms with Crippen LogP contribution in [0.15, 0.2) is 61.7 Å². The average molecular weight is 509 g/mol. The van der Waals surface area contributed by atoms with Crippen molar-refractivity contribution in [1.82, 2.24) is 5.16 Å². The number of nitrogens with zero attached hydrogens (tertiary/aromatic N) is 1. The highest BCUT2D eigenvalue weighted by Gasteiger charge is 2.24. The number of unbranched alkanes of at least 4 members (excludes halogenated alkanes) is 1. The smallest absolute Gasteiger partial charge is 0.263 e. The molecule has 1 N–H and O–H groups in total. The second-order valence-corrected chi connectivity index (χ2v) is 11.8. The molecule has 6 nitrogen and oxygen atoms in total. The van der Waals surface area contributed by atoms with Crippen LogP contribution in [0.2, 0.25) is 5.02 Å². The fourth-order valence-corrected chi connectivity index (χ4v) is 5.37. The minimum atomic E-state index is -3.85. The van der Waals surface area contributed by atoms with E-state index in [4.69, 9.17) is 20.9 Å². The molecule has 0 fully saturated rings. The monoisotopic (exact) mass is 508 g/mol. The van der Waals surface area contributed by atoms with Crippen LogP contribution in [0.5, 0.6) is 5.75 Å². The summed E-state index contributed by atoms with van der Waals surface area (Å²) in [5.41, 5.74) is 0.983. The van der Waals surface area contributed by atoms with Gasteiger partial charge in [-0.15, -0.1) is 0 Å². The maximum absolute atomic E-state index is 13.1. The molecule has 0 atom stereocenters. The third-order valence-electron chi connectivity index (χ3n) is 5.08. The Bertz CT molecular complexity index is 1200. The molecule has 2 aromatic carbocycles. The maximum atomic E-state index is 13.1. The molecule has 0 saturated carbocycles. The van der Waals surface area contributed by atoms with Crippen molar-refractivity contribution in [2.24, 2.45) is 0 Å². The summed E-state index contributed by atoms with van der Waals surface area (Å²) in [5, 5.41) is 4.55. The average Bonchev–Trinajstić information content (AvgIpc) is 3.13. The quantitative estimate of drug-likeness (QED) is 0.337. The van der Waals surface area contributed by atoms with Crippen LogP contribution in [0.3, 0.4) is 0 Å².